The molecular formula is C18H38N2O2. The van der Waals surface area contributed by atoms with Gasteiger partial charge in [0, 0.05) is 13.1 Å². The molecule has 0 saturated heterocycles. The normalized spacial score (nSPS) is 11.5. The summed E-state index contributed by atoms with van der Waals surface area (Å²) in [6.45, 7) is 13.5. The Kier molecular flexibility index (Phi) is 12.3. The molecule has 0 aliphatic carbocycles. The molecule has 0 saturated carbocycles. The van der Waals surface area contributed by atoms with Crippen LogP contribution in [0.2, 0.25) is 0 Å². The first-order valence-electron chi connectivity index (χ1n) is 9.09. The zero-order valence-corrected chi connectivity index (χ0v) is 15.5. The fraction of sp³-hybridized carbons (Fsp3) is 0.944. The Hall–Kier alpha value is -0.770. The second-order valence-electron chi connectivity index (χ2n) is 6.93. The lowest BCUT2D eigenvalue weighted by Crippen LogP contribution is -2.38. The molecule has 0 aliphatic rings. The Morgan fingerprint density at radius 1 is 0.955 bits per heavy atom. The fourth-order valence-corrected chi connectivity index (χ4v) is 2.26. The van der Waals surface area contributed by atoms with Gasteiger partial charge in [-0.25, -0.2) is 4.79 Å². The third-order valence-corrected chi connectivity index (χ3v) is 3.52. The summed E-state index contributed by atoms with van der Waals surface area (Å²) in [6.07, 6.45) is 8.76. The molecule has 132 valence electrons. The predicted molar refractivity (Wildman–Crippen MR) is 94.3 cm³/mol. The van der Waals surface area contributed by atoms with Crippen LogP contribution in [0.25, 0.3) is 0 Å². The van der Waals surface area contributed by atoms with Gasteiger partial charge in [0.05, 0.1) is 0 Å². The highest BCUT2D eigenvalue weighted by molar-refractivity contribution is 5.68. The van der Waals surface area contributed by atoms with Crippen LogP contribution in [-0.2, 0) is 4.74 Å². The average molecular weight is 315 g/mol. The van der Waals surface area contributed by atoms with Gasteiger partial charge >= 0.3 is 6.09 Å². The van der Waals surface area contributed by atoms with Crippen molar-refractivity contribution in [2.45, 2.75) is 85.2 Å². The van der Waals surface area contributed by atoms with Gasteiger partial charge in [-0.05, 0) is 53.6 Å². The van der Waals surface area contributed by atoms with Gasteiger partial charge in [0.15, 0.2) is 0 Å². The zero-order chi connectivity index (χ0) is 16.8. The number of carbonyl (C=O) groups excluding carboxylic acids is 1. The SMILES string of the molecule is CCCCCCCCNCCCN(CC)C(=O)OC(C)(C)C. The average Bonchev–Trinajstić information content (AvgIpc) is 2.43. The second-order valence-corrected chi connectivity index (χ2v) is 6.93. The van der Waals surface area contributed by atoms with E-state index in [1.807, 2.05) is 27.7 Å². The monoisotopic (exact) mass is 314 g/mol. The van der Waals surface area contributed by atoms with Crippen molar-refractivity contribution in [1.29, 1.82) is 0 Å². The van der Waals surface area contributed by atoms with E-state index in [-0.39, 0.29) is 6.09 Å². The Morgan fingerprint density at radius 3 is 2.14 bits per heavy atom. The quantitative estimate of drug-likeness (QED) is 0.536. The van der Waals surface area contributed by atoms with Gasteiger partial charge in [0.1, 0.15) is 5.60 Å². The van der Waals surface area contributed by atoms with E-state index in [1.165, 1.54) is 38.5 Å². The Labute approximate surface area is 138 Å². The van der Waals surface area contributed by atoms with E-state index in [0.29, 0.717) is 6.54 Å². The second kappa shape index (κ2) is 12.7. The van der Waals surface area contributed by atoms with Crippen molar-refractivity contribution in [2.24, 2.45) is 0 Å². The molecule has 22 heavy (non-hydrogen) atoms. The van der Waals surface area contributed by atoms with Crippen molar-refractivity contribution in [3.63, 3.8) is 0 Å². The van der Waals surface area contributed by atoms with Crippen molar-refractivity contribution in [3.05, 3.63) is 0 Å². The minimum atomic E-state index is -0.416. The summed E-state index contributed by atoms with van der Waals surface area (Å²) in [5.74, 6) is 0. The number of nitrogens with zero attached hydrogens (tertiary/aromatic N) is 1. The number of rotatable bonds is 12. The maximum absolute atomic E-state index is 12.0. The Morgan fingerprint density at radius 2 is 1.55 bits per heavy atom. The van der Waals surface area contributed by atoms with Gasteiger partial charge < -0.3 is 15.0 Å². The number of nitrogens with one attached hydrogen (secondary N) is 1. The van der Waals surface area contributed by atoms with Crippen LogP contribution in [0.3, 0.4) is 0 Å². The molecule has 0 bridgehead atoms. The summed E-state index contributed by atoms with van der Waals surface area (Å²) in [7, 11) is 0. The van der Waals surface area contributed by atoms with Crippen molar-refractivity contribution in [2.75, 3.05) is 26.2 Å². The molecule has 0 fully saturated rings. The van der Waals surface area contributed by atoms with Gasteiger partial charge in [-0.15, -0.1) is 0 Å². The van der Waals surface area contributed by atoms with Crippen LogP contribution in [0, 0.1) is 0 Å². The van der Waals surface area contributed by atoms with E-state index in [2.05, 4.69) is 12.2 Å². The van der Waals surface area contributed by atoms with Crippen molar-refractivity contribution >= 4 is 6.09 Å². The lowest BCUT2D eigenvalue weighted by atomic mass is 10.1. The van der Waals surface area contributed by atoms with Gasteiger partial charge in [-0.3, -0.25) is 0 Å². The largest absolute Gasteiger partial charge is 0.444 e. The van der Waals surface area contributed by atoms with Gasteiger partial charge in [0.25, 0.3) is 0 Å². The number of amides is 1. The van der Waals surface area contributed by atoms with Crippen LogP contribution in [0.1, 0.15) is 79.6 Å². The summed E-state index contributed by atoms with van der Waals surface area (Å²) in [5.41, 5.74) is -0.416. The molecule has 0 spiro atoms. The third kappa shape index (κ3) is 12.9. The van der Waals surface area contributed by atoms with E-state index in [0.717, 1.165) is 26.1 Å². The van der Waals surface area contributed by atoms with Gasteiger partial charge in [-0.1, -0.05) is 39.0 Å². The smallest absolute Gasteiger partial charge is 0.410 e. The van der Waals surface area contributed by atoms with E-state index in [9.17, 15) is 4.79 Å². The van der Waals surface area contributed by atoms with Crippen LogP contribution < -0.4 is 5.32 Å². The molecular weight excluding hydrogens is 276 g/mol. The van der Waals surface area contributed by atoms with Crippen LogP contribution in [0.5, 0.6) is 0 Å². The van der Waals surface area contributed by atoms with E-state index in [1.54, 1.807) is 4.90 Å². The number of unbranched alkanes of at least 4 members (excludes halogenated alkanes) is 5. The first-order valence-corrected chi connectivity index (χ1v) is 9.09. The molecule has 4 nitrogen and oxygen atoms in total. The molecule has 0 aliphatic heterocycles. The number of hydrogen-bond donors (Lipinski definition) is 1. The third-order valence-electron chi connectivity index (χ3n) is 3.52. The molecule has 0 rings (SSSR count). The maximum Gasteiger partial charge on any atom is 0.410 e. The van der Waals surface area contributed by atoms with Gasteiger partial charge in [0.2, 0.25) is 0 Å². The number of hydrogen-bond acceptors (Lipinski definition) is 3. The molecule has 4 heteroatoms. The van der Waals surface area contributed by atoms with E-state index in [4.69, 9.17) is 4.74 Å². The molecule has 1 amide bonds. The van der Waals surface area contributed by atoms with Crippen LogP contribution in [0.15, 0.2) is 0 Å². The zero-order valence-electron chi connectivity index (χ0n) is 15.5. The fourth-order valence-electron chi connectivity index (χ4n) is 2.26. The number of carbonyl (C=O) groups is 1. The summed E-state index contributed by atoms with van der Waals surface area (Å²) < 4.78 is 5.40. The highest BCUT2D eigenvalue weighted by Gasteiger charge is 2.20. The molecule has 0 unspecified atom stereocenters. The summed E-state index contributed by atoms with van der Waals surface area (Å²) in [5, 5.41) is 3.46. The Balaban J connectivity index is 3.57. The molecule has 0 aromatic heterocycles. The summed E-state index contributed by atoms with van der Waals surface area (Å²) in [6, 6.07) is 0. The maximum atomic E-state index is 12.0. The molecule has 0 radical (unpaired) electrons. The topological polar surface area (TPSA) is 41.6 Å². The predicted octanol–water partition coefficient (Wildman–Crippen LogP) is 4.58. The number of ether oxygens (including phenoxy) is 1. The highest BCUT2D eigenvalue weighted by Crippen LogP contribution is 2.10. The lowest BCUT2D eigenvalue weighted by Gasteiger charge is -2.26. The van der Waals surface area contributed by atoms with Crippen LogP contribution in [0.4, 0.5) is 4.79 Å². The minimum Gasteiger partial charge on any atom is -0.444 e. The molecule has 0 heterocycles. The van der Waals surface area contributed by atoms with Gasteiger partial charge in [-0.2, -0.15) is 0 Å². The highest BCUT2D eigenvalue weighted by atomic mass is 16.6. The molecule has 0 aromatic carbocycles. The van der Waals surface area contributed by atoms with E-state index < -0.39 is 5.60 Å². The van der Waals surface area contributed by atoms with Crippen molar-refractivity contribution < 1.29 is 9.53 Å². The first kappa shape index (κ1) is 21.2. The molecule has 0 atom stereocenters. The summed E-state index contributed by atoms with van der Waals surface area (Å²) >= 11 is 0. The summed E-state index contributed by atoms with van der Waals surface area (Å²) in [4.78, 5) is 13.7. The van der Waals surface area contributed by atoms with Crippen molar-refractivity contribution in [3.8, 4) is 0 Å². The molecule has 1 N–H and O–H groups in total. The molecule has 0 aromatic rings. The minimum absolute atomic E-state index is 0.203. The Bertz CT molecular complexity index is 275. The van der Waals surface area contributed by atoms with E-state index >= 15 is 0 Å². The van der Waals surface area contributed by atoms with Crippen LogP contribution >= 0.6 is 0 Å². The van der Waals surface area contributed by atoms with Crippen LogP contribution in [-0.4, -0.2) is 42.8 Å². The first-order chi connectivity index (χ1) is 10.4. The standard InChI is InChI=1S/C18H38N2O2/c1-6-8-9-10-11-12-14-19-15-13-16-20(7-2)17(21)22-18(3,4)5/h19H,6-16H2,1-5H3. The van der Waals surface area contributed by atoms with Crippen molar-refractivity contribution in [1.82, 2.24) is 10.2 Å². The lowest BCUT2D eigenvalue weighted by molar-refractivity contribution is 0.0258.